The van der Waals surface area contributed by atoms with Crippen molar-refractivity contribution in [3.63, 3.8) is 0 Å². The van der Waals surface area contributed by atoms with Crippen molar-refractivity contribution in [2.45, 2.75) is 31.7 Å². The van der Waals surface area contributed by atoms with E-state index in [1.165, 1.54) is 0 Å². The van der Waals surface area contributed by atoms with E-state index in [0.717, 1.165) is 11.1 Å². The van der Waals surface area contributed by atoms with Crippen LogP contribution in [-0.4, -0.2) is 11.4 Å². The number of para-hydroxylation sites is 1. The molecule has 15 heavy (non-hydrogen) atoms. The van der Waals surface area contributed by atoms with Gasteiger partial charge in [-0.2, -0.15) is 8.78 Å². The number of benzene rings is 1. The Morgan fingerprint density at radius 2 is 2.07 bits per heavy atom. The lowest BCUT2D eigenvalue weighted by Crippen LogP contribution is -2.08. The van der Waals surface area contributed by atoms with Gasteiger partial charge in [0.2, 0.25) is 0 Å². The van der Waals surface area contributed by atoms with Crippen molar-refractivity contribution in [1.82, 2.24) is 0 Å². The van der Waals surface area contributed by atoms with Gasteiger partial charge in [0, 0.05) is 4.83 Å². The Hall–Kier alpha value is -0.640. The van der Waals surface area contributed by atoms with Crippen LogP contribution in [0.2, 0.25) is 0 Å². The van der Waals surface area contributed by atoms with Crippen molar-refractivity contribution < 1.29 is 13.5 Å². The minimum Gasteiger partial charge on any atom is -0.434 e. The Kier molecular flexibility index (Phi) is 4.51. The van der Waals surface area contributed by atoms with Gasteiger partial charge in [-0.15, -0.1) is 0 Å². The number of aryl methyl sites for hydroxylation is 1. The van der Waals surface area contributed by atoms with E-state index in [0.29, 0.717) is 12.2 Å². The van der Waals surface area contributed by atoms with E-state index in [1.54, 1.807) is 13.0 Å². The summed E-state index contributed by atoms with van der Waals surface area (Å²) < 4.78 is 28.9. The molecule has 0 amide bonds. The van der Waals surface area contributed by atoms with Gasteiger partial charge in [0.05, 0.1) is 0 Å². The standard InChI is InChI=1S/C11H13BrF2O/c1-7-4-3-5-9(6-8(2)12)10(7)15-11(13)14/h3-5,8,11H,6H2,1-2H3. The molecule has 1 unspecified atom stereocenters. The fourth-order valence-electron chi connectivity index (χ4n) is 1.43. The van der Waals surface area contributed by atoms with Crippen LogP contribution < -0.4 is 4.74 Å². The Labute approximate surface area is 96.6 Å². The zero-order valence-electron chi connectivity index (χ0n) is 8.64. The Morgan fingerprint density at radius 3 is 2.60 bits per heavy atom. The molecule has 1 aromatic rings. The normalized spacial score (nSPS) is 12.9. The molecular formula is C11H13BrF2O. The largest absolute Gasteiger partial charge is 0.434 e. The van der Waals surface area contributed by atoms with Crippen LogP contribution in [0.25, 0.3) is 0 Å². The van der Waals surface area contributed by atoms with Gasteiger partial charge < -0.3 is 4.74 Å². The molecule has 0 aliphatic rings. The first-order valence-electron chi connectivity index (χ1n) is 4.68. The van der Waals surface area contributed by atoms with Crippen molar-refractivity contribution in [2.75, 3.05) is 0 Å². The number of rotatable bonds is 4. The van der Waals surface area contributed by atoms with E-state index in [4.69, 9.17) is 0 Å². The number of ether oxygens (including phenoxy) is 1. The third kappa shape index (κ3) is 3.78. The third-order valence-corrected chi connectivity index (χ3v) is 2.33. The summed E-state index contributed by atoms with van der Waals surface area (Å²) in [4.78, 5) is 0.235. The van der Waals surface area contributed by atoms with Crippen LogP contribution in [0.1, 0.15) is 18.1 Å². The molecule has 4 heteroatoms. The average Bonchev–Trinajstić information content (AvgIpc) is 2.09. The van der Waals surface area contributed by atoms with E-state index in [-0.39, 0.29) is 4.83 Å². The molecule has 0 bridgehead atoms. The summed E-state index contributed by atoms with van der Waals surface area (Å²) in [5, 5.41) is 0. The quantitative estimate of drug-likeness (QED) is 0.759. The second kappa shape index (κ2) is 5.45. The maximum absolute atomic E-state index is 12.2. The monoisotopic (exact) mass is 278 g/mol. The predicted octanol–water partition coefficient (Wildman–Crippen LogP) is 3.92. The Balaban J connectivity index is 2.97. The number of halogens is 3. The summed E-state index contributed by atoms with van der Waals surface area (Å²) in [7, 11) is 0. The fourth-order valence-corrected chi connectivity index (χ4v) is 1.78. The Morgan fingerprint density at radius 1 is 1.40 bits per heavy atom. The van der Waals surface area contributed by atoms with Crippen LogP contribution in [0.3, 0.4) is 0 Å². The molecule has 0 N–H and O–H groups in total. The molecule has 0 aliphatic carbocycles. The summed E-state index contributed by atoms with van der Waals surface area (Å²) in [5.41, 5.74) is 1.54. The maximum atomic E-state index is 12.2. The summed E-state index contributed by atoms with van der Waals surface area (Å²) in [6.07, 6.45) is 0.670. The van der Waals surface area contributed by atoms with Crippen molar-refractivity contribution >= 4 is 15.9 Å². The molecule has 0 aliphatic heterocycles. The minimum atomic E-state index is -2.77. The van der Waals surface area contributed by atoms with E-state index in [2.05, 4.69) is 20.7 Å². The molecule has 0 fully saturated rings. The van der Waals surface area contributed by atoms with E-state index in [9.17, 15) is 8.78 Å². The van der Waals surface area contributed by atoms with Gasteiger partial charge in [-0.05, 0) is 24.5 Å². The van der Waals surface area contributed by atoms with Gasteiger partial charge in [-0.1, -0.05) is 41.1 Å². The van der Waals surface area contributed by atoms with Gasteiger partial charge in [0.1, 0.15) is 5.75 Å². The third-order valence-electron chi connectivity index (χ3n) is 2.00. The topological polar surface area (TPSA) is 9.23 Å². The summed E-state index contributed by atoms with van der Waals surface area (Å²) in [6.45, 7) is 0.963. The molecule has 1 aromatic carbocycles. The lowest BCUT2D eigenvalue weighted by molar-refractivity contribution is -0.0508. The Bertz CT molecular complexity index is 326. The molecule has 0 heterocycles. The molecule has 0 spiro atoms. The van der Waals surface area contributed by atoms with Crippen LogP contribution in [0.4, 0.5) is 8.78 Å². The van der Waals surface area contributed by atoms with Crippen molar-refractivity contribution in [3.05, 3.63) is 29.3 Å². The number of hydrogen-bond acceptors (Lipinski definition) is 1. The molecule has 84 valence electrons. The van der Waals surface area contributed by atoms with Crippen LogP contribution in [-0.2, 0) is 6.42 Å². The second-order valence-electron chi connectivity index (χ2n) is 3.43. The fraction of sp³-hybridized carbons (Fsp3) is 0.455. The number of hydrogen-bond donors (Lipinski definition) is 0. The minimum absolute atomic E-state index is 0.235. The summed E-state index contributed by atoms with van der Waals surface area (Å²) in [5.74, 6) is 0.304. The predicted molar refractivity (Wildman–Crippen MR) is 59.9 cm³/mol. The smallest absolute Gasteiger partial charge is 0.387 e. The molecule has 0 saturated carbocycles. The van der Waals surface area contributed by atoms with Gasteiger partial charge in [0.25, 0.3) is 0 Å². The van der Waals surface area contributed by atoms with E-state index in [1.807, 2.05) is 19.1 Å². The maximum Gasteiger partial charge on any atom is 0.387 e. The highest BCUT2D eigenvalue weighted by atomic mass is 79.9. The van der Waals surface area contributed by atoms with Crippen LogP contribution >= 0.6 is 15.9 Å². The van der Waals surface area contributed by atoms with Crippen LogP contribution in [0.5, 0.6) is 5.75 Å². The van der Waals surface area contributed by atoms with E-state index >= 15 is 0 Å². The molecular weight excluding hydrogens is 266 g/mol. The SMILES string of the molecule is Cc1cccc(CC(C)Br)c1OC(F)F. The lowest BCUT2D eigenvalue weighted by atomic mass is 10.1. The van der Waals surface area contributed by atoms with Gasteiger partial charge in [-0.25, -0.2) is 0 Å². The summed E-state index contributed by atoms with van der Waals surface area (Å²) >= 11 is 3.39. The second-order valence-corrected chi connectivity index (χ2v) is 4.99. The highest BCUT2D eigenvalue weighted by molar-refractivity contribution is 9.09. The number of alkyl halides is 3. The molecule has 1 atom stereocenters. The summed E-state index contributed by atoms with van der Waals surface area (Å²) in [6, 6.07) is 5.42. The highest BCUT2D eigenvalue weighted by Gasteiger charge is 2.13. The zero-order chi connectivity index (χ0) is 11.4. The molecule has 0 saturated heterocycles. The molecule has 1 nitrogen and oxygen atoms in total. The first-order chi connectivity index (χ1) is 7.00. The molecule has 1 rings (SSSR count). The van der Waals surface area contributed by atoms with Crippen LogP contribution in [0.15, 0.2) is 18.2 Å². The first kappa shape index (κ1) is 12.4. The van der Waals surface area contributed by atoms with Crippen molar-refractivity contribution in [3.8, 4) is 5.75 Å². The highest BCUT2D eigenvalue weighted by Crippen LogP contribution is 2.27. The molecule has 0 radical (unpaired) electrons. The van der Waals surface area contributed by atoms with Crippen LogP contribution in [0, 0.1) is 6.92 Å². The van der Waals surface area contributed by atoms with Gasteiger partial charge in [0.15, 0.2) is 0 Å². The van der Waals surface area contributed by atoms with Gasteiger partial charge in [-0.3, -0.25) is 0 Å². The zero-order valence-corrected chi connectivity index (χ0v) is 10.2. The van der Waals surface area contributed by atoms with E-state index < -0.39 is 6.61 Å². The average molecular weight is 279 g/mol. The first-order valence-corrected chi connectivity index (χ1v) is 5.59. The van der Waals surface area contributed by atoms with Crippen molar-refractivity contribution in [2.24, 2.45) is 0 Å². The molecule has 0 aromatic heterocycles. The van der Waals surface area contributed by atoms with Gasteiger partial charge >= 0.3 is 6.61 Å². The van der Waals surface area contributed by atoms with Crippen molar-refractivity contribution in [1.29, 1.82) is 0 Å². The lowest BCUT2D eigenvalue weighted by Gasteiger charge is -2.14.